The van der Waals surface area contributed by atoms with Crippen LogP contribution in [0.5, 0.6) is 0 Å². The van der Waals surface area contributed by atoms with Crippen molar-refractivity contribution in [2.24, 2.45) is 0 Å². The summed E-state index contributed by atoms with van der Waals surface area (Å²) in [6.07, 6.45) is 3.39. The molecule has 0 radical (unpaired) electrons. The van der Waals surface area contributed by atoms with E-state index in [1.165, 1.54) is 11.3 Å². The minimum Gasteiger partial charge on any atom is -0.462 e. The van der Waals surface area contributed by atoms with E-state index in [2.05, 4.69) is 22.1 Å². The molecule has 0 bridgehead atoms. The number of nitrogens with one attached hydrogen (secondary N) is 1. The third-order valence-electron chi connectivity index (χ3n) is 1.55. The number of hydrogen-bond acceptors (Lipinski definition) is 5. The molecule has 2 aromatic heterocycles. The predicted molar refractivity (Wildman–Crippen MR) is 56.3 cm³/mol. The highest BCUT2D eigenvalue weighted by Gasteiger charge is 2.07. The van der Waals surface area contributed by atoms with E-state index >= 15 is 0 Å². The Morgan fingerprint density at radius 3 is 3.21 bits per heavy atom. The van der Waals surface area contributed by atoms with Crippen molar-refractivity contribution in [3.8, 4) is 10.8 Å². The first-order chi connectivity index (χ1) is 6.90. The molecule has 1 N–H and O–H groups in total. The standard InChI is InChI=1S/C9H9N3OS/c1-2-5-10-9-12-11-8(14-9)7-4-3-6-13-7/h2-4,6H,1,5H2,(H,10,12). The van der Waals surface area contributed by atoms with E-state index in [0.717, 1.165) is 15.9 Å². The van der Waals surface area contributed by atoms with E-state index < -0.39 is 0 Å². The van der Waals surface area contributed by atoms with Crippen LogP contribution < -0.4 is 5.32 Å². The van der Waals surface area contributed by atoms with Crippen LogP contribution in [0, 0.1) is 0 Å². The Hall–Kier alpha value is -1.62. The molecule has 0 saturated carbocycles. The minimum absolute atomic E-state index is 0.687. The van der Waals surface area contributed by atoms with Gasteiger partial charge in [0, 0.05) is 6.54 Å². The van der Waals surface area contributed by atoms with E-state index in [1.807, 2.05) is 12.1 Å². The van der Waals surface area contributed by atoms with Crippen LogP contribution in [0.1, 0.15) is 0 Å². The van der Waals surface area contributed by atoms with Crippen molar-refractivity contribution in [1.82, 2.24) is 10.2 Å². The number of hydrogen-bond donors (Lipinski definition) is 1. The molecule has 2 heterocycles. The topological polar surface area (TPSA) is 51.0 Å². The van der Waals surface area contributed by atoms with Crippen LogP contribution in [-0.2, 0) is 0 Å². The van der Waals surface area contributed by atoms with E-state index in [9.17, 15) is 0 Å². The molecular formula is C9H9N3OS. The maximum Gasteiger partial charge on any atom is 0.206 e. The Morgan fingerprint density at radius 1 is 1.57 bits per heavy atom. The molecule has 0 aromatic carbocycles. The highest BCUT2D eigenvalue weighted by molar-refractivity contribution is 7.18. The van der Waals surface area contributed by atoms with Gasteiger partial charge in [-0.05, 0) is 12.1 Å². The molecular weight excluding hydrogens is 198 g/mol. The first-order valence-electron chi connectivity index (χ1n) is 4.12. The van der Waals surface area contributed by atoms with Crippen molar-refractivity contribution in [2.45, 2.75) is 0 Å². The number of anilines is 1. The van der Waals surface area contributed by atoms with E-state index in [0.29, 0.717) is 6.54 Å². The molecule has 5 heteroatoms. The first-order valence-corrected chi connectivity index (χ1v) is 4.94. The average Bonchev–Trinajstić information content (AvgIpc) is 2.85. The van der Waals surface area contributed by atoms with Crippen molar-refractivity contribution >= 4 is 16.5 Å². The lowest BCUT2D eigenvalue weighted by molar-refractivity contribution is 0.581. The van der Waals surface area contributed by atoms with E-state index in [4.69, 9.17) is 4.42 Å². The number of nitrogens with zero attached hydrogens (tertiary/aromatic N) is 2. The summed E-state index contributed by atoms with van der Waals surface area (Å²) >= 11 is 1.46. The molecule has 0 aliphatic carbocycles. The molecule has 72 valence electrons. The fourth-order valence-corrected chi connectivity index (χ4v) is 1.67. The van der Waals surface area contributed by atoms with Gasteiger partial charge < -0.3 is 9.73 Å². The number of furan rings is 1. The second-order valence-electron chi connectivity index (χ2n) is 2.56. The number of aromatic nitrogens is 2. The molecule has 0 atom stereocenters. The summed E-state index contributed by atoms with van der Waals surface area (Å²) in [4.78, 5) is 0. The predicted octanol–water partition coefficient (Wildman–Crippen LogP) is 2.40. The van der Waals surface area contributed by atoms with Gasteiger partial charge in [-0.15, -0.1) is 16.8 Å². The van der Waals surface area contributed by atoms with Gasteiger partial charge in [0.25, 0.3) is 0 Å². The zero-order valence-electron chi connectivity index (χ0n) is 7.43. The summed E-state index contributed by atoms with van der Waals surface area (Å²) < 4.78 is 5.20. The molecule has 0 fully saturated rings. The Balaban J connectivity index is 2.14. The molecule has 2 aromatic rings. The third kappa shape index (κ3) is 1.82. The molecule has 4 nitrogen and oxygen atoms in total. The summed E-state index contributed by atoms with van der Waals surface area (Å²) in [6, 6.07) is 3.69. The van der Waals surface area contributed by atoms with Crippen molar-refractivity contribution in [1.29, 1.82) is 0 Å². The van der Waals surface area contributed by atoms with Gasteiger partial charge in [0.1, 0.15) is 0 Å². The molecule has 0 spiro atoms. The Morgan fingerprint density at radius 2 is 2.50 bits per heavy atom. The van der Waals surface area contributed by atoms with Crippen molar-refractivity contribution in [2.75, 3.05) is 11.9 Å². The molecule has 0 unspecified atom stereocenters. The van der Waals surface area contributed by atoms with Gasteiger partial charge in [0.2, 0.25) is 5.13 Å². The van der Waals surface area contributed by atoms with Crippen molar-refractivity contribution < 1.29 is 4.42 Å². The maximum atomic E-state index is 5.20. The lowest BCUT2D eigenvalue weighted by Crippen LogP contribution is -1.96. The normalized spacial score (nSPS) is 10.0. The van der Waals surface area contributed by atoms with Crippen LogP contribution in [0.3, 0.4) is 0 Å². The maximum absolute atomic E-state index is 5.20. The lowest BCUT2D eigenvalue weighted by atomic mass is 10.5. The summed E-state index contributed by atoms with van der Waals surface area (Å²) in [5.41, 5.74) is 0. The van der Waals surface area contributed by atoms with Gasteiger partial charge in [-0.3, -0.25) is 0 Å². The van der Waals surface area contributed by atoms with Crippen molar-refractivity contribution in [3.05, 3.63) is 31.1 Å². The quantitative estimate of drug-likeness (QED) is 0.782. The molecule has 2 rings (SSSR count). The minimum atomic E-state index is 0.687. The SMILES string of the molecule is C=CCNc1nnc(-c2ccco2)s1. The highest BCUT2D eigenvalue weighted by atomic mass is 32.1. The summed E-state index contributed by atoms with van der Waals surface area (Å²) in [5, 5.41) is 12.6. The van der Waals surface area contributed by atoms with Crippen LogP contribution in [0.4, 0.5) is 5.13 Å². The Labute approximate surface area is 85.3 Å². The zero-order chi connectivity index (χ0) is 9.80. The largest absolute Gasteiger partial charge is 0.462 e. The number of rotatable bonds is 4. The van der Waals surface area contributed by atoms with Gasteiger partial charge in [-0.2, -0.15) is 0 Å². The Bertz CT molecular complexity index is 407. The second-order valence-corrected chi connectivity index (χ2v) is 3.54. The lowest BCUT2D eigenvalue weighted by Gasteiger charge is -1.92. The van der Waals surface area contributed by atoms with Crippen molar-refractivity contribution in [3.63, 3.8) is 0 Å². The van der Waals surface area contributed by atoms with Crippen LogP contribution >= 0.6 is 11.3 Å². The molecule has 0 aliphatic rings. The van der Waals surface area contributed by atoms with Gasteiger partial charge in [-0.25, -0.2) is 0 Å². The van der Waals surface area contributed by atoms with Gasteiger partial charge in [0.05, 0.1) is 6.26 Å². The Kier molecular flexibility index (Phi) is 2.60. The van der Waals surface area contributed by atoms with Crippen LogP contribution in [-0.4, -0.2) is 16.7 Å². The van der Waals surface area contributed by atoms with Crippen LogP contribution in [0.15, 0.2) is 35.5 Å². The fourth-order valence-electron chi connectivity index (χ4n) is 0.954. The van der Waals surface area contributed by atoms with Gasteiger partial charge in [-0.1, -0.05) is 17.4 Å². The summed E-state index contributed by atoms with van der Waals surface area (Å²) in [7, 11) is 0. The molecule has 14 heavy (non-hydrogen) atoms. The molecule has 0 saturated heterocycles. The first kappa shape index (κ1) is 8.96. The smallest absolute Gasteiger partial charge is 0.206 e. The average molecular weight is 207 g/mol. The molecule has 0 aliphatic heterocycles. The van der Waals surface area contributed by atoms with E-state index in [1.54, 1.807) is 12.3 Å². The summed E-state index contributed by atoms with van der Waals surface area (Å²) in [5.74, 6) is 0.745. The fraction of sp³-hybridized carbons (Fsp3) is 0.111. The van der Waals surface area contributed by atoms with Crippen LogP contribution in [0.2, 0.25) is 0 Å². The van der Waals surface area contributed by atoms with Crippen LogP contribution in [0.25, 0.3) is 10.8 Å². The highest BCUT2D eigenvalue weighted by Crippen LogP contribution is 2.26. The van der Waals surface area contributed by atoms with E-state index in [-0.39, 0.29) is 0 Å². The van der Waals surface area contributed by atoms with Gasteiger partial charge in [0.15, 0.2) is 10.8 Å². The monoisotopic (exact) mass is 207 g/mol. The zero-order valence-corrected chi connectivity index (χ0v) is 8.25. The third-order valence-corrected chi connectivity index (χ3v) is 2.45. The summed E-state index contributed by atoms with van der Waals surface area (Å²) in [6.45, 7) is 4.30. The van der Waals surface area contributed by atoms with Gasteiger partial charge >= 0.3 is 0 Å². The molecule has 0 amide bonds. The second kappa shape index (κ2) is 4.06.